The third-order valence-electron chi connectivity index (χ3n) is 6.57. The molecule has 3 N–H and O–H groups in total. The number of amides is 3. The van der Waals surface area contributed by atoms with Crippen LogP contribution in [-0.4, -0.2) is 47.2 Å². The fourth-order valence-corrected chi connectivity index (χ4v) is 4.80. The molecule has 0 aliphatic carbocycles. The van der Waals surface area contributed by atoms with Crippen LogP contribution in [0.1, 0.15) is 49.3 Å². The van der Waals surface area contributed by atoms with Crippen molar-refractivity contribution >= 4 is 23.4 Å². The number of hydrogen-bond donors (Lipinski definition) is 2. The number of anilines is 1. The van der Waals surface area contributed by atoms with E-state index in [4.69, 9.17) is 5.73 Å². The van der Waals surface area contributed by atoms with Gasteiger partial charge in [-0.25, -0.2) is 0 Å². The maximum absolute atomic E-state index is 13.3. The molecule has 7 nitrogen and oxygen atoms in total. The first-order chi connectivity index (χ1) is 16.0. The lowest BCUT2D eigenvalue weighted by molar-refractivity contribution is -0.141. The number of nitrogens with two attached hydrogens (primary N) is 1. The number of primary amides is 1. The van der Waals surface area contributed by atoms with Gasteiger partial charge in [-0.3, -0.25) is 19.3 Å². The van der Waals surface area contributed by atoms with Crippen molar-refractivity contribution in [1.29, 1.82) is 0 Å². The molecule has 2 fully saturated rings. The predicted octanol–water partition coefficient (Wildman–Crippen LogP) is 3.08. The molecule has 33 heavy (non-hydrogen) atoms. The van der Waals surface area contributed by atoms with Gasteiger partial charge in [0.1, 0.15) is 6.04 Å². The van der Waals surface area contributed by atoms with E-state index in [-0.39, 0.29) is 23.6 Å². The summed E-state index contributed by atoms with van der Waals surface area (Å²) in [6, 6.07) is 16.6. The van der Waals surface area contributed by atoms with Crippen molar-refractivity contribution in [1.82, 2.24) is 9.80 Å². The molecule has 3 amide bonds. The standard InChI is InChI=1S/C26H32N4O3/c27-25(32)21-9-6-15-29(18-21)17-19-11-13-22(14-12-19)28-26(33)24(20-7-2-1-3-8-20)30-16-5-4-10-23(30)31/h1-3,7-8,11-14,21,24H,4-6,9-10,15-18H2,(H2,27,32)(H,28,33). The molecular formula is C26H32N4O3. The summed E-state index contributed by atoms with van der Waals surface area (Å²) in [6.45, 7) is 2.97. The van der Waals surface area contributed by atoms with Crippen LogP contribution in [0.2, 0.25) is 0 Å². The summed E-state index contributed by atoms with van der Waals surface area (Å²) in [7, 11) is 0. The lowest BCUT2D eigenvalue weighted by Gasteiger charge is -2.34. The molecule has 0 radical (unpaired) electrons. The third-order valence-corrected chi connectivity index (χ3v) is 6.57. The van der Waals surface area contributed by atoms with Gasteiger partial charge < -0.3 is 16.0 Å². The molecule has 2 aromatic carbocycles. The molecule has 0 spiro atoms. The molecule has 0 aromatic heterocycles. The van der Waals surface area contributed by atoms with Crippen molar-refractivity contribution in [3.8, 4) is 0 Å². The zero-order chi connectivity index (χ0) is 23.2. The van der Waals surface area contributed by atoms with Crippen LogP contribution in [0.15, 0.2) is 54.6 Å². The minimum atomic E-state index is -0.641. The summed E-state index contributed by atoms with van der Waals surface area (Å²) in [6.07, 6.45) is 4.09. The Bertz CT molecular complexity index is 977. The number of hydrogen-bond acceptors (Lipinski definition) is 4. The Hall–Kier alpha value is -3.19. The Balaban J connectivity index is 1.43. The van der Waals surface area contributed by atoms with E-state index < -0.39 is 6.04 Å². The number of likely N-dealkylation sites (tertiary alicyclic amines) is 2. The topological polar surface area (TPSA) is 95.7 Å². The van der Waals surface area contributed by atoms with Gasteiger partial charge in [-0.1, -0.05) is 42.5 Å². The summed E-state index contributed by atoms with van der Waals surface area (Å²) in [5, 5.41) is 3.00. The third kappa shape index (κ3) is 5.79. The first-order valence-electron chi connectivity index (χ1n) is 11.8. The van der Waals surface area contributed by atoms with Gasteiger partial charge in [-0.15, -0.1) is 0 Å². The normalized spacial score (nSPS) is 20.3. The number of carbonyl (C=O) groups is 3. The number of nitrogens with one attached hydrogen (secondary N) is 1. The average Bonchev–Trinajstić information content (AvgIpc) is 2.83. The average molecular weight is 449 g/mol. The molecular weight excluding hydrogens is 416 g/mol. The van der Waals surface area contributed by atoms with Crippen molar-refractivity contribution in [2.45, 2.75) is 44.7 Å². The number of piperidine rings is 2. The second-order valence-corrected chi connectivity index (χ2v) is 9.02. The van der Waals surface area contributed by atoms with Crippen LogP contribution in [-0.2, 0) is 20.9 Å². The van der Waals surface area contributed by atoms with Gasteiger partial charge in [0, 0.05) is 31.7 Å². The molecule has 2 aromatic rings. The quantitative estimate of drug-likeness (QED) is 0.680. The summed E-state index contributed by atoms with van der Waals surface area (Å²) >= 11 is 0. The molecule has 2 aliphatic rings. The Labute approximate surface area is 194 Å². The van der Waals surface area contributed by atoms with E-state index in [2.05, 4.69) is 10.2 Å². The molecule has 2 atom stereocenters. The monoisotopic (exact) mass is 448 g/mol. The highest BCUT2D eigenvalue weighted by atomic mass is 16.2. The van der Waals surface area contributed by atoms with E-state index in [1.165, 1.54) is 0 Å². The predicted molar refractivity (Wildman–Crippen MR) is 127 cm³/mol. The van der Waals surface area contributed by atoms with Crippen molar-refractivity contribution in [2.24, 2.45) is 11.7 Å². The highest BCUT2D eigenvalue weighted by molar-refractivity contribution is 5.98. The molecule has 2 heterocycles. The van der Waals surface area contributed by atoms with Crippen LogP contribution in [0, 0.1) is 5.92 Å². The number of benzene rings is 2. The Morgan fingerprint density at radius 3 is 2.45 bits per heavy atom. The molecule has 7 heteroatoms. The van der Waals surface area contributed by atoms with Crippen molar-refractivity contribution in [2.75, 3.05) is 25.0 Å². The SMILES string of the molecule is NC(=O)C1CCCN(Cc2ccc(NC(=O)C(c3ccccc3)N3CCCCC3=O)cc2)C1. The minimum absolute atomic E-state index is 0.0244. The summed E-state index contributed by atoms with van der Waals surface area (Å²) in [4.78, 5) is 41.4. The lowest BCUT2D eigenvalue weighted by Crippen LogP contribution is -2.43. The van der Waals surface area contributed by atoms with E-state index in [1.807, 2.05) is 54.6 Å². The zero-order valence-corrected chi connectivity index (χ0v) is 18.9. The number of rotatable bonds is 7. The van der Waals surface area contributed by atoms with E-state index in [1.54, 1.807) is 4.90 Å². The lowest BCUT2D eigenvalue weighted by atomic mass is 9.97. The molecule has 0 bridgehead atoms. The van der Waals surface area contributed by atoms with Crippen LogP contribution in [0.4, 0.5) is 5.69 Å². The fraction of sp³-hybridized carbons (Fsp3) is 0.423. The minimum Gasteiger partial charge on any atom is -0.369 e. The van der Waals surface area contributed by atoms with Gasteiger partial charge in [0.2, 0.25) is 11.8 Å². The highest BCUT2D eigenvalue weighted by Crippen LogP contribution is 2.27. The van der Waals surface area contributed by atoms with E-state index >= 15 is 0 Å². The first-order valence-corrected chi connectivity index (χ1v) is 11.8. The Morgan fingerprint density at radius 1 is 1.00 bits per heavy atom. The first kappa shape index (κ1) is 23.0. The summed E-state index contributed by atoms with van der Waals surface area (Å²) in [5.41, 5.74) is 8.12. The molecule has 2 unspecified atom stereocenters. The van der Waals surface area contributed by atoms with Gasteiger partial charge in [0.05, 0.1) is 5.92 Å². The number of carbonyl (C=O) groups excluding carboxylic acids is 3. The van der Waals surface area contributed by atoms with Crippen LogP contribution >= 0.6 is 0 Å². The van der Waals surface area contributed by atoms with E-state index in [0.717, 1.165) is 49.9 Å². The molecule has 174 valence electrons. The molecule has 2 aliphatic heterocycles. The van der Waals surface area contributed by atoms with Gasteiger partial charge in [-0.2, -0.15) is 0 Å². The van der Waals surface area contributed by atoms with Gasteiger partial charge >= 0.3 is 0 Å². The van der Waals surface area contributed by atoms with Crippen LogP contribution in [0.5, 0.6) is 0 Å². The number of nitrogens with zero attached hydrogens (tertiary/aromatic N) is 2. The van der Waals surface area contributed by atoms with Gasteiger partial charge in [-0.05, 0) is 55.5 Å². The molecule has 0 saturated carbocycles. The van der Waals surface area contributed by atoms with Gasteiger partial charge in [0.25, 0.3) is 5.91 Å². The Kier molecular flexibility index (Phi) is 7.40. The van der Waals surface area contributed by atoms with Crippen LogP contribution in [0.25, 0.3) is 0 Å². The second kappa shape index (κ2) is 10.6. The van der Waals surface area contributed by atoms with E-state index in [0.29, 0.717) is 25.2 Å². The second-order valence-electron chi connectivity index (χ2n) is 9.02. The maximum atomic E-state index is 13.3. The van der Waals surface area contributed by atoms with Crippen LogP contribution in [0.3, 0.4) is 0 Å². The smallest absolute Gasteiger partial charge is 0.251 e. The van der Waals surface area contributed by atoms with Crippen LogP contribution < -0.4 is 11.1 Å². The Morgan fingerprint density at radius 2 is 1.76 bits per heavy atom. The molecule has 4 rings (SSSR count). The maximum Gasteiger partial charge on any atom is 0.251 e. The van der Waals surface area contributed by atoms with Gasteiger partial charge in [0.15, 0.2) is 0 Å². The zero-order valence-electron chi connectivity index (χ0n) is 18.9. The molecule has 2 saturated heterocycles. The highest BCUT2D eigenvalue weighted by Gasteiger charge is 2.32. The fourth-order valence-electron chi connectivity index (χ4n) is 4.80. The van der Waals surface area contributed by atoms with Crippen molar-refractivity contribution < 1.29 is 14.4 Å². The van der Waals surface area contributed by atoms with Crippen molar-refractivity contribution in [3.05, 3.63) is 65.7 Å². The van der Waals surface area contributed by atoms with E-state index in [9.17, 15) is 14.4 Å². The summed E-state index contributed by atoms with van der Waals surface area (Å²) in [5.74, 6) is -0.483. The summed E-state index contributed by atoms with van der Waals surface area (Å²) < 4.78 is 0. The largest absolute Gasteiger partial charge is 0.369 e. The van der Waals surface area contributed by atoms with Crippen molar-refractivity contribution in [3.63, 3.8) is 0 Å².